The van der Waals surface area contributed by atoms with Crippen molar-refractivity contribution < 1.29 is 4.79 Å². The van der Waals surface area contributed by atoms with Gasteiger partial charge in [-0.2, -0.15) is 10.1 Å². The first-order valence-corrected chi connectivity index (χ1v) is 3.67. The third-order valence-electron chi connectivity index (χ3n) is 1.43. The average molecular weight is 165 g/mol. The van der Waals surface area contributed by atoms with Gasteiger partial charge in [0.2, 0.25) is 6.08 Å². The fourth-order valence-corrected chi connectivity index (χ4v) is 0.791. The molecule has 0 saturated heterocycles. The molecule has 1 rings (SSSR count). The summed E-state index contributed by atoms with van der Waals surface area (Å²) in [5.74, 6) is 0. The van der Waals surface area contributed by atoms with Gasteiger partial charge in [0.25, 0.3) is 0 Å². The van der Waals surface area contributed by atoms with E-state index < -0.39 is 0 Å². The Morgan fingerprint density at radius 1 is 1.58 bits per heavy atom. The minimum atomic E-state index is -0.0728. The first kappa shape index (κ1) is 8.68. The van der Waals surface area contributed by atoms with Gasteiger partial charge in [-0.05, 0) is 20.8 Å². The SMILES string of the molecule is CC(C)(C)n1cc(N=C=O)cn1. The van der Waals surface area contributed by atoms with E-state index in [1.807, 2.05) is 20.8 Å². The third-order valence-corrected chi connectivity index (χ3v) is 1.43. The van der Waals surface area contributed by atoms with E-state index in [1.54, 1.807) is 10.9 Å². The van der Waals surface area contributed by atoms with Gasteiger partial charge in [-0.3, -0.25) is 4.68 Å². The molecule has 0 amide bonds. The van der Waals surface area contributed by atoms with Gasteiger partial charge in [0.05, 0.1) is 17.9 Å². The van der Waals surface area contributed by atoms with Crippen LogP contribution in [0, 0.1) is 0 Å². The highest BCUT2D eigenvalue weighted by Gasteiger charge is 2.13. The molecular formula is C8H11N3O. The minimum absolute atomic E-state index is 0.0728. The van der Waals surface area contributed by atoms with Crippen molar-refractivity contribution in [2.75, 3.05) is 0 Å². The Bertz CT molecular complexity index is 315. The standard InChI is InChI=1S/C8H11N3O/c1-8(2,3)11-5-7(4-10-11)9-6-12/h4-5H,1-3H3. The molecule has 4 nitrogen and oxygen atoms in total. The van der Waals surface area contributed by atoms with Crippen molar-refractivity contribution in [3.63, 3.8) is 0 Å². The first-order valence-electron chi connectivity index (χ1n) is 3.67. The largest absolute Gasteiger partial charge is 0.265 e. The molecule has 0 saturated carbocycles. The molecule has 0 aromatic carbocycles. The summed E-state index contributed by atoms with van der Waals surface area (Å²) in [6.45, 7) is 6.07. The molecule has 1 heterocycles. The van der Waals surface area contributed by atoms with Crippen LogP contribution in [0.2, 0.25) is 0 Å². The maximum atomic E-state index is 9.90. The van der Waals surface area contributed by atoms with Crippen LogP contribution in [0.3, 0.4) is 0 Å². The van der Waals surface area contributed by atoms with Crippen molar-refractivity contribution in [1.29, 1.82) is 0 Å². The predicted octanol–water partition coefficient (Wildman–Crippen LogP) is 1.61. The molecule has 1 aromatic rings. The zero-order chi connectivity index (χ0) is 9.19. The van der Waals surface area contributed by atoms with E-state index in [4.69, 9.17) is 0 Å². The number of carbonyl (C=O) groups excluding carboxylic acids is 1. The summed E-state index contributed by atoms with van der Waals surface area (Å²) in [6, 6.07) is 0. The quantitative estimate of drug-likeness (QED) is 0.468. The molecule has 0 radical (unpaired) electrons. The molecule has 0 aliphatic carbocycles. The number of hydrogen-bond donors (Lipinski definition) is 0. The fraction of sp³-hybridized carbons (Fsp3) is 0.500. The van der Waals surface area contributed by atoms with Crippen LogP contribution < -0.4 is 0 Å². The van der Waals surface area contributed by atoms with Crippen molar-refractivity contribution in [3.05, 3.63) is 12.4 Å². The summed E-state index contributed by atoms with van der Waals surface area (Å²) in [6.07, 6.45) is 4.72. The summed E-state index contributed by atoms with van der Waals surface area (Å²) < 4.78 is 1.75. The molecule has 0 N–H and O–H groups in total. The fourth-order valence-electron chi connectivity index (χ4n) is 0.791. The number of isocyanates is 1. The third kappa shape index (κ3) is 1.80. The molecule has 0 unspecified atom stereocenters. The number of aliphatic imine (C=N–C) groups is 1. The smallest absolute Gasteiger partial charge is 0.240 e. The molecular weight excluding hydrogens is 154 g/mol. The van der Waals surface area contributed by atoms with E-state index in [2.05, 4.69) is 10.1 Å². The molecule has 0 aliphatic heterocycles. The predicted molar refractivity (Wildman–Crippen MR) is 45.0 cm³/mol. The van der Waals surface area contributed by atoms with E-state index in [1.165, 1.54) is 12.3 Å². The van der Waals surface area contributed by atoms with Crippen LogP contribution in [-0.4, -0.2) is 15.9 Å². The normalized spacial score (nSPS) is 10.9. The maximum Gasteiger partial charge on any atom is 0.240 e. The first-order chi connectivity index (χ1) is 5.54. The van der Waals surface area contributed by atoms with Gasteiger partial charge >= 0.3 is 0 Å². The van der Waals surface area contributed by atoms with Crippen LogP contribution in [0.4, 0.5) is 5.69 Å². The molecule has 0 fully saturated rings. The monoisotopic (exact) mass is 165 g/mol. The lowest BCUT2D eigenvalue weighted by atomic mass is 10.1. The molecule has 1 aromatic heterocycles. The van der Waals surface area contributed by atoms with Crippen molar-refractivity contribution in [1.82, 2.24) is 9.78 Å². The molecule has 64 valence electrons. The second kappa shape index (κ2) is 2.91. The summed E-state index contributed by atoms with van der Waals surface area (Å²) in [7, 11) is 0. The number of nitrogens with zero attached hydrogens (tertiary/aromatic N) is 3. The lowest BCUT2D eigenvalue weighted by molar-refractivity contribution is 0.355. The van der Waals surface area contributed by atoms with Crippen molar-refractivity contribution >= 4 is 11.8 Å². The Balaban J connectivity index is 2.99. The van der Waals surface area contributed by atoms with Gasteiger partial charge in [0.15, 0.2) is 0 Å². The Morgan fingerprint density at radius 2 is 2.25 bits per heavy atom. The highest BCUT2D eigenvalue weighted by molar-refractivity contribution is 5.46. The molecule has 0 spiro atoms. The highest BCUT2D eigenvalue weighted by Crippen LogP contribution is 2.16. The number of rotatable bonds is 1. The van der Waals surface area contributed by atoms with Crippen LogP contribution in [0.15, 0.2) is 17.4 Å². The summed E-state index contributed by atoms with van der Waals surface area (Å²) >= 11 is 0. The Kier molecular flexibility index (Phi) is 2.11. The second-order valence-corrected chi connectivity index (χ2v) is 3.52. The Labute approximate surface area is 70.9 Å². The van der Waals surface area contributed by atoms with Crippen molar-refractivity contribution in [2.24, 2.45) is 4.99 Å². The molecule has 12 heavy (non-hydrogen) atoms. The van der Waals surface area contributed by atoms with Gasteiger partial charge in [0.1, 0.15) is 5.69 Å². The van der Waals surface area contributed by atoms with E-state index in [0.717, 1.165) is 0 Å². The van der Waals surface area contributed by atoms with Crippen molar-refractivity contribution in [3.8, 4) is 0 Å². The van der Waals surface area contributed by atoms with Gasteiger partial charge in [-0.1, -0.05) is 0 Å². The van der Waals surface area contributed by atoms with Crippen LogP contribution in [0.1, 0.15) is 20.8 Å². The lowest BCUT2D eigenvalue weighted by Crippen LogP contribution is -2.21. The summed E-state index contributed by atoms with van der Waals surface area (Å²) in [4.78, 5) is 13.4. The van der Waals surface area contributed by atoms with E-state index in [-0.39, 0.29) is 5.54 Å². The highest BCUT2D eigenvalue weighted by atomic mass is 16.1. The maximum absolute atomic E-state index is 9.90. The van der Waals surface area contributed by atoms with Crippen LogP contribution in [0.25, 0.3) is 0 Å². The van der Waals surface area contributed by atoms with E-state index in [0.29, 0.717) is 5.69 Å². The number of aromatic nitrogens is 2. The number of hydrogen-bond acceptors (Lipinski definition) is 3. The van der Waals surface area contributed by atoms with Gasteiger partial charge in [-0.15, -0.1) is 0 Å². The topological polar surface area (TPSA) is 47.2 Å². The molecule has 0 aliphatic rings. The van der Waals surface area contributed by atoms with Gasteiger partial charge in [0, 0.05) is 0 Å². The molecule has 4 heteroatoms. The zero-order valence-corrected chi connectivity index (χ0v) is 7.40. The average Bonchev–Trinajstić information content (AvgIpc) is 2.35. The van der Waals surface area contributed by atoms with Gasteiger partial charge < -0.3 is 0 Å². The molecule has 0 bridgehead atoms. The van der Waals surface area contributed by atoms with Crippen LogP contribution in [-0.2, 0) is 10.3 Å². The minimum Gasteiger partial charge on any atom is -0.265 e. The van der Waals surface area contributed by atoms with Crippen molar-refractivity contribution in [2.45, 2.75) is 26.3 Å². The lowest BCUT2D eigenvalue weighted by Gasteiger charge is -2.18. The van der Waals surface area contributed by atoms with Gasteiger partial charge in [-0.25, -0.2) is 4.79 Å². The van der Waals surface area contributed by atoms with Crippen LogP contribution >= 0.6 is 0 Å². The van der Waals surface area contributed by atoms with E-state index in [9.17, 15) is 4.79 Å². The zero-order valence-electron chi connectivity index (χ0n) is 7.40. The Hall–Kier alpha value is -1.41. The molecule has 0 atom stereocenters. The summed E-state index contributed by atoms with van der Waals surface area (Å²) in [5, 5.41) is 4.05. The second-order valence-electron chi connectivity index (χ2n) is 3.52. The van der Waals surface area contributed by atoms with Crippen LogP contribution in [0.5, 0.6) is 0 Å². The Morgan fingerprint density at radius 3 is 2.67 bits per heavy atom. The van der Waals surface area contributed by atoms with E-state index >= 15 is 0 Å². The summed E-state index contributed by atoms with van der Waals surface area (Å²) in [5.41, 5.74) is 0.469.